The zero-order valence-corrected chi connectivity index (χ0v) is 13.5. The van der Waals surface area contributed by atoms with E-state index in [0.29, 0.717) is 6.54 Å². The summed E-state index contributed by atoms with van der Waals surface area (Å²) in [5.74, 6) is 0. The Morgan fingerprint density at radius 2 is 2.20 bits per heavy atom. The van der Waals surface area contributed by atoms with Gasteiger partial charge in [-0.25, -0.2) is 0 Å². The second kappa shape index (κ2) is 8.10. The van der Waals surface area contributed by atoms with Crippen molar-refractivity contribution in [3.05, 3.63) is 34.3 Å². The molecule has 1 aliphatic rings. The lowest BCUT2D eigenvalue weighted by atomic mass is 10.1. The van der Waals surface area contributed by atoms with Crippen molar-refractivity contribution in [2.24, 2.45) is 0 Å². The number of aliphatic hydroxyl groups excluding tert-OH is 1. The Kier molecular flexibility index (Phi) is 6.45. The lowest BCUT2D eigenvalue weighted by Gasteiger charge is -2.32. The monoisotopic (exact) mass is 342 g/mol. The number of ether oxygens (including phenoxy) is 1. The number of nitrogens with one attached hydrogen (secondary N) is 1. The van der Waals surface area contributed by atoms with Crippen molar-refractivity contribution >= 4 is 15.9 Å². The summed E-state index contributed by atoms with van der Waals surface area (Å²) in [5.41, 5.74) is 0.931. The van der Waals surface area contributed by atoms with Crippen molar-refractivity contribution in [3.8, 4) is 0 Å². The van der Waals surface area contributed by atoms with Crippen LogP contribution in [-0.2, 0) is 4.74 Å². The van der Waals surface area contributed by atoms with Gasteiger partial charge in [-0.1, -0.05) is 35.0 Å². The highest BCUT2D eigenvalue weighted by Gasteiger charge is 2.19. The SMILES string of the molecule is CCN1CCO[C@H](CNC[C@H](O)c2ccc(Br)cc2)C1. The van der Waals surface area contributed by atoms with Crippen LogP contribution in [0.2, 0.25) is 0 Å². The van der Waals surface area contributed by atoms with Crippen LogP contribution in [0.3, 0.4) is 0 Å². The average molecular weight is 343 g/mol. The fourth-order valence-electron chi connectivity index (χ4n) is 2.37. The summed E-state index contributed by atoms with van der Waals surface area (Å²) in [6, 6.07) is 7.77. The van der Waals surface area contributed by atoms with Gasteiger partial charge in [-0.05, 0) is 24.2 Å². The van der Waals surface area contributed by atoms with Crippen LogP contribution in [0.25, 0.3) is 0 Å². The fourth-order valence-corrected chi connectivity index (χ4v) is 2.64. The van der Waals surface area contributed by atoms with Crippen LogP contribution in [-0.4, -0.2) is 55.4 Å². The predicted molar refractivity (Wildman–Crippen MR) is 83.8 cm³/mol. The maximum Gasteiger partial charge on any atom is 0.0914 e. The van der Waals surface area contributed by atoms with Crippen LogP contribution in [0.1, 0.15) is 18.6 Å². The van der Waals surface area contributed by atoms with Gasteiger partial charge in [0.1, 0.15) is 0 Å². The first kappa shape index (κ1) is 15.9. The minimum absolute atomic E-state index is 0.223. The van der Waals surface area contributed by atoms with E-state index in [-0.39, 0.29) is 6.10 Å². The quantitative estimate of drug-likeness (QED) is 0.827. The highest BCUT2D eigenvalue weighted by Crippen LogP contribution is 2.16. The molecule has 112 valence electrons. The Morgan fingerprint density at radius 1 is 1.45 bits per heavy atom. The Bertz CT molecular complexity index is 399. The molecule has 0 amide bonds. The van der Waals surface area contributed by atoms with Gasteiger partial charge in [-0.15, -0.1) is 0 Å². The molecule has 0 spiro atoms. The van der Waals surface area contributed by atoms with Gasteiger partial charge in [-0.3, -0.25) is 4.90 Å². The van der Waals surface area contributed by atoms with Gasteiger partial charge in [0.25, 0.3) is 0 Å². The van der Waals surface area contributed by atoms with Crippen molar-refractivity contribution in [2.45, 2.75) is 19.1 Å². The molecule has 1 heterocycles. The van der Waals surface area contributed by atoms with Gasteiger partial charge >= 0.3 is 0 Å². The molecule has 4 nitrogen and oxygen atoms in total. The van der Waals surface area contributed by atoms with E-state index in [2.05, 4.69) is 33.1 Å². The number of hydrogen-bond donors (Lipinski definition) is 2. The van der Waals surface area contributed by atoms with Crippen molar-refractivity contribution in [2.75, 3.05) is 39.3 Å². The van der Waals surface area contributed by atoms with Crippen LogP contribution < -0.4 is 5.32 Å². The Morgan fingerprint density at radius 3 is 2.90 bits per heavy atom. The zero-order valence-electron chi connectivity index (χ0n) is 11.9. The first-order chi connectivity index (χ1) is 9.69. The summed E-state index contributed by atoms with van der Waals surface area (Å²) >= 11 is 3.39. The molecule has 0 unspecified atom stereocenters. The standard InChI is InChI=1S/C15H23BrN2O2/c1-2-18-7-8-20-14(11-18)9-17-10-15(19)12-3-5-13(16)6-4-12/h3-6,14-15,17,19H,2,7-11H2,1H3/t14-,15+/m1/s1. The molecule has 2 rings (SSSR count). The molecule has 1 aliphatic heterocycles. The largest absolute Gasteiger partial charge is 0.387 e. The smallest absolute Gasteiger partial charge is 0.0914 e. The number of halogens is 1. The van der Waals surface area contributed by atoms with Crippen LogP contribution in [0.5, 0.6) is 0 Å². The lowest BCUT2D eigenvalue weighted by molar-refractivity contribution is -0.0262. The Hall–Kier alpha value is -0.460. The van der Waals surface area contributed by atoms with E-state index in [1.54, 1.807) is 0 Å². The molecule has 0 radical (unpaired) electrons. The number of likely N-dealkylation sites (N-methyl/N-ethyl adjacent to an activating group) is 1. The summed E-state index contributed by atoms with van der Waals surface area (Å²) < 4.78 is 6.75. The number of benzene rings is 1. The summed E-state index contributed by atoms with van der Waals surface area (Å²) in [6.07, 6.45) is -0.255. The third-order valence-electron chi connectivity index (χ3n) is 3.63. The molecule has 0 bridgehead atoms. The van der Waals surface area contributed by atoms with Crippen molar-refractivity contribution in [1.29, 1.82) is 0 Å². The molecular formula is C15H23BrN2O2. The molecule has 1 aromatic rings. The summed E-state index contributed by atoms with van der Waals surface area (Å²) in [7, 11) is 0. The van der Waals surface area contributed by atoms with Crippen molar-refractivity contribution < 1.29 is 9.84 Å². The van der Waals surface area contributed by atoms with Crippen LogP contribution >= 0.6 is 15.9 Å². The minimum Gasteiger partial charge on any atom is -0.387 e. The number of rotatable bonds is 6. The molecule has 0 aromatic heterocycles. The van der Waals surface area contributed by atoms with Crippen molar-refractivity contribution in [3.63, 3.8) is 0 Å². The average Bonchev–Trinajstić information content (AvgIpc) is 2.48. The Labute approximate surface area is 129 Å². The molecule has 2 atom stereocenters. The predicted octanol–water partition coefficient (Wildman–Crippen LogP) is 1.79. The van der Waals surface area contributed by atoms with Gasteiger partial charge in [0.15, 0.2) is 0 Å². The molecule has 1 aromatic carbocycles. The number of aliphatic hydroxyl groups is 1. The first-order valence-corrected chi connectivity index (χ1v) is 7.96. The van der Waals surface area contributed by atoms with E-state index in [1.165, 1.54) is 0 Å². The van der Waals surface area contributed by atoms with Gasteiger partial charge in [0.2, 0.25) is 0 Å². The maximum atomic E-state index is 10.1. The minimum atomic E-state index is -0.478. The molecule has 5 heteroatoms. The molecular weight excluding hydrogens is 320 g/mol. The van der Waals surface area contributed by atoms with Crippen LogP contribution in [0.4, 0.5) is 0 Å². The third kappa shape index (κ3) is 4.82. The van der Waals surface area contributed by atoms with E-state index in [1.807, 2.05) is 24.3 Å². The molecule has 1 saturated heterocycles. The van der Waals surface area contributed by atoms with Gasteiger partial charge in [0.05, 0.1) is 18.8 Å². The lowest BCUT2D eigenvalue weighted by Crippen LogP contribution is -2.46. The number of morpholine rings is 1. The molecule has 20 heavy (non-hydrogen) atoms. The van der Waals surface area contributed by atoms with Gasteiger partial charge in [-0.2, -0.15) is 0 Å². The highest BCUT2D eigenvalue weighted by atomic mass is 79.9. The second-order valence-corrected chi connectivity index (χ2v) is 6.03. The van der Waals surface area contributed by atoms with E-state index >= 15 is 0 Å². The normalized spacial score (nSPS) is 21.9. The fraction of sp³-hybridized carbons (Fsp3) is 0.600. The molecule has 1 fully saturated rings. The van der Waals surface area contributed by atoms with E-state index < -0.39 is 6.10 Å². The molecule has 2 N–H and O–H groups in total. The number of nitrogens with zero attached hydrogens (tertiary/aromatic N) is 1. The maximum absolute atomic E-state index is 10.1. The second-order valence-electron chi connectivity index (χ2n) is 5.11. The molecule has 0 aliphatic carbocycles. The highest BCUT2D eigenvalue weighted by molar-refractivity contribution is 9.10. The van der Waals surface area contributed by atoms with E-state index in [4.69, 9.17) is 4.74 Å². The van der Waals surface area contributed by atoms with E-state index in [9.17, 15) is 5.11 Å². The van der Waals surface area contributed by atoms with Gasteiger partial charge < -0.3 is 15.2 Å². The Balaban J connectivity index is 1.71. The van der Waals surface area contributed by atoms with E-state index in [0.717, 1.165) is 42.8 Å². The third-order valence-corrected chi connectivity index (χ3v) is 4.16. The topological polar surface area (TPSA) is 44.7 Å². The summed E-state index contributed by atoms with van der Waals surface area (Å²) in [4.78, 5) is 2.39. The first-order valence-electron chi connectivity index (χ1n) is 7.17. The van der Waals surface area contributed by atoms with Crippen LogP contribution in [0.15, 0.2) is 28.7 Å². The number of hydrogen-bond acceptors (Lipinski definition) is 4. The molecule has 0 saturated carbocycles. The van der Waals surface area contributed by atoms with Gasteiger partial charge in [0, 0.05) is 30.7 Å². The van der Waals surface area contributed by atoms with Crippen molar-refractivity contribution in [1.82, 2.24) is 10.2 Å². The summed E-state index contributed by atoms with van der Waals surface area (Å²) in [6.45, 7) is 7.37. The van der Waals surface area contributed by atoms with Crippen LogP contribution in [0, 0.1) is 0 Å². The summed E-state index contributed by atoms with van der Waals surface area (Å²) in [5, 5.41) is 13.4. The zero-order chi connectivity index (χ0) is 14.4.